The van der Waals surface area contributed by atoms with Gasteiger partial charge >= 0.3 is 0 Å². The summed E-state index contributed by atoms with van der Waals surface area (Å²) in [6.07, 6.45) is 4.36. The Morgan fingerprint density at radius 1 is 1.40 bits per heavy atom. The maximum Gasteiger partial charge on any atom is 0.0771 e. The van der Waals surface area contributed by atoms with Gasteiger partial charge in [0, 0.05) is 6.54 Å². The molecule has 0 saturated heterocycles. The second-order valence-electron chi connectivity index (χ2n) is 3.21. The molecule has 0 heterocycles. The average Bonchev–Trinajstić information content (AvgIpc) is 2.33. The van der Waals surface area contributed by atoms with Gasteiger partial charge in [0.2, 0.25) is 0 Å². The minimum atomic E-state index is -0.365. The summed E-state index contributed by atoms with van der Waals surface area (Å²) in [5.74, 6) is 0. The van der Waals surface area contributed by atoms with Crippen LogP contribution in [0.15, 0.2) is 0 Å². The van der Waals surface area contributed by atoms with E-state index in [2.05, 4.69) is 12.2 Å². The Balaban J connectivity index is 2.22. The Bertz CT molecular complexity index is 97.4. The molecular weight excluding hydrogens is 126 g/mol. The molecule has 0 aliphatic heterocycles. The third-order valence-corrected chi connectivity index (χ3v) is 2.24. The Kier molecular flexibility index (Phi) is 2.69. The van der Waals surface area contributed by atoms with Gasteiger partial charge in [-0.05, 0) is 19.4 Å². The van der Waals surface area contributed by atoms with Crippen LogP contribution in [0.2, 0.25) is 0 Å². The van der Waals surface area contributed by atoms with Crippen molar-refractivity contribution >= 4 is 0 Å². The molecule has 0 aromatic carbocycles. The summed E-state index contributed by atoms with van der Waals surface area (Å²) in [7, 11) is 0. The average molecular weight is 143 g/mol. The third-order valence-electron chi connectivity index (χ3n) is 2.24. The summed E-state index contributed by atoms with van der Waals surface area (Å²) in [5.41, 5.74) is -0.365. The Morgan fingerprint density at radius 2 is 2.00 bits per heavy atom. The molecule has 1 fully saturated rings. The van der Waals surface area contributed by atoms with E-state index in [9.17, 15) is 5.11 Å². The molecule has 0 radical (unpaired) electrons. The maximum absolute atomic E-state index is 9.76. The van der Waals surface area contributed by atoms with Gasteiger partial charge in [-0.25, -0.2) is 0 Å². The zero-order chi connectivity index (χ0) is 7.45. The third kappa shape index (κ3) is 1.96. The van der Waals surface area contributed by atoms with Gasteiger partial charge in [-0.1, -0.05) is 19.8 Å². The molecule has 0 amide bonds. The van der Waals surface area contributed by atoms with Crippen LogP contribution in [-0.2, 0) is 0 Å². The van der Waals surface area contributed by atoms with E-state index in [0.717, 1.165) is 25.9 Å². The van der Waals surface area contributed by atoms with Crippen LogP contribution in [0.25, 0.3) is 0 Å². The molecule has 2 N–H and O–H groups in total. The second kappa shape index (κ2) is 3.35. The molecule has 0 spiro atoms. The first kappa shape index (κ1) is 8.02. The summed E-state index contributed by atoms with van der Waals surface area (Å²) in [6.45, 7) is 3.81. The van der Waals surface area contributed by atoms with E-state index >= 15 is 0 Å². The molecule has 10 heavy (non-hydrogen) atoms. The highest BCUT2D eigenvalue weighted by atomic mass is 16.3. The molecule has 2 heteroatoms. The van der Waals surface area contributed by atoms with Crippen molar-refractivity contribution in [2.45, 2.75) is 38.2 Å². The molecule has 1 aliphatic rings. The van der Waals surface area contributed by atoms with Crippen LogP contribution < -0.4 is 5.32 Å². The molecular formula is C8H17NO. The van der Waals surface area contributed by atoms with Crippen molar-refractivity contribution in [3.05, 3.63) is 0 Å². The quantitative estimate of drug-likeness (QED) is 0.615. The fraction of sp³-hybridized carbons (Fsp3) is 1.00. The van der Waals surface area contributed by atoms with Gasteiger partial charge in [0.1, 0.15) is 0 Å². The molecule has 0 atom stereocenters. The maximum atomic E-state index is 9.76. The van der Waals surface area contributed by atoms with Crippen LogP contribution in [-0.4, -0.2) is 23.8 Å². The minimum Gasteiger partial charge on any atom is -0.389 e. The molecule has 0 aromatic heterocycles. The predicted molar refractivity (Wildman–Crippen MR) is 42.0 cm³/mol. The van der Waals surface area contributed by atoms with Gasteiger partial charge in [0.05, 0.1) is 5.60 Å². The molecule has 1 aliphatic carbocycles. The lowest BCUT2D eigenvalue weighted by molar-refractivity contribution is 0.0483. The largest absolute Gasteiger partial charge is 0.389 e. The van der Waals surface area contributed by atoms with Crippen LogP contribution in [0.3, 0.4) is 0 Å². The summed E-state index contributed by atoms with van der Waals surface area (Å²) in [5, 5.41) is 12.9. The lowest BCUT2D eigenvalue weighted by atomic mass is 10.0. The highest BCUT2D eigenvalue weighted by molar-refractivity contribution is 4.85. The van der Waals surface area contributed by atoms with Crippen molar-refractivity contribution in [2.24, 2.45) is 0 Å². The Labute approximate surface area is 62.6 Å². The number of aliphatic hydroxyl groups is 1. The fourth-order valence-corrected chi connectivity index (χ4v) is 1.57. The van der Waals surface area contributed by atoms with Crippen LogP contribution >= 0.6 is 0 Å². The van der Waals surface area contributed by atoms with E-state index in [1.54, 1.807) is 0 Å². The normalized spacial score (nSPS) is 23.4. The predicted octanol–water partition coefficient (Wildman–Crippen LogP) is 0.901. The van der Waals surface area contributed by atoms with Crippen molar-refractivity contribution < 1.29 is 5.11 Å². The lowest BCUT2D eigenvalue weighted by Crippen LogP contribution is -2.37. The number of hydrogen-bond donors (Lipinski definition) is 2. The first-order chi connectivity index (χ1) is 4.77. The van der Waals surface area contributed by atoms with Crippen molar-refractivity contribution in [2.75, 3.05) is 13.1 Å². The summed E-state index contributed by atoms with van der Waals surface area (Å²) >= 11 is 0. The molecule has 0 unspecified atom stereocenters. The van der Waals surface area contributed by atoms with E-state index in [1.165, 1.54) is 12.8 Å². The van der Waals surface area contributed by atoms with E-state index < -0.39 is 0 Å². The first-order valence-corrected chi connectivity index (χ1v) is 4.20. The van der Waals surface area contributed by atoms with Crippen LogP contribution in [0.5, 0.6) is 0 Å². The standard InChI is InChI=1S/C8H17NO/c1-2-9-7-8(10)5-3-4-6-8/h9-10H,2-7H2,1H3. The zero-order valence-electron chi connectivity index (χ0n) is 6.69. The molecule has 1 saturated carbocycles. The van der Waals surface area contributed by atoms with Crippen LogP contribution in [0.4, 0.5) is 0 Å². The van der Waals surface area contributed by atoms with Gasteiger partial charge in [-0.2, -0.15) is 0 Å². The van der Waals surface area contributed by atoms with E-state index in [0.29, 0.717) is 0 Å². The van der Waals surface area contributed by atoms with E-state index in [-0.39, 0.29) is 5.60 Å². The van der Waals surface area contributed by atoms with Gasteiger partial charge in [0.15, 0.2) is 0 Å². The second-order valence-corrected chi connectivity index (χ2v) is 3.21. The van der Waals surface area contributed by atoms with Crippen molar-refractivity contribution in [3.8, 4) is 0 Å². The van der Waals surface area contributed by atoms with Gasteiger partial charge in [-0.15, -0.1) is 0 Å². The van der Waals surface area contributed by atoms with Crippen molar-refractivity contribution in [3.63, 3.8) is 0 Å². The zero-order valence-corrected chi connectivity index (χ0v) is 6.69. The van der Waals surface area contributed by atoms with Crippen molar-refractivity contribution in [1.29, 1.82) is 0 Å². The van der Waals surface area contributed by atoms with E-state index in [4.69, 9.17) is 0 Å². The molecule has 2 nitrogen and oxygen atoms in total. The minimum absolute atomic E-state index is 0.365. The highest BCUT2D eigenvalue weighted by Gasteiger charge is 2.29. The van der Waals surface area contributed by atoms with Crippen LogP contribution in [0.1, 0.15) is 32.6 Å². The molecule has 60 valence electrons. The Morgan fingerprint density at radius 3 is 2.50 bits per heavy atom. The molecule has 0 aromatic rings. The Hall–Kier alpha value is -0.0800. The topological polar surface area (TPSA) is 32.3 Å². The number of hydrogen-bond acceptors (Lipinski definition) is 2. The monoisotopic (exact) mass is 143 g/mol. The summed E-state index contributed by atoms with van der Waals surface area (Å²) in [6, 6.07) is 0. The van der Waals surface area contributed by atoms with E-state index in [1.807, 2.05) is 0 Å². The first-order valence-electron chi connectivity index (χ1n) is 4.20. The van der Waals surface area contributed by atoms with Crippen molar-refractivity contribution in [1.82, 2.24) is 5.32 Å². The fourth-order valence-electron chi connectivity index (χ4n) is 1.57. The summed E-state index contributed by atoms with van der Waals surface area (Å²) < 4.78 is 0. The van der Waals surface area contributed by atoms with Gasteiger partial charge in [0.25, 0.3) is 0 Å². The number of rotatable bonds is 3. The molecule has 0 bridgehead atoms. The SMILES string of the molecule is CCNCC1(O)CCCC1. The lowest BCUT2D eigenvalue weighted by Gasteiger charge is -2.21. The van der Waals surface area contributed by atoms with Crippen LogP contribution in [0, 0.1) is 0 Å². The van der Waals surface area contributed by atoms with Gasteiger partial charge in [-0.3, -0.25) is 0 Å². The number of nitrogens with one attached hydrogen (secondary N) is 1. The summed E-state index contributed by atoms with van der Waals surface area (Å²) in [4.78, 5) is 0. The highest BCUT2D eigenvalue weighted by Crippen LogP contribution is 2.28. The number of likely N-dealkylation sites (N-methyl/N-ethyl adjacent to an activating group) is 1. The molecule has 1 rings (SSSR count). The van der Waals surface area contributed by atoms with Gasteiger partial charge < -0.3 is 10.4 Å². The smallest absolute Gasteiger partial charge is 0.0771 e.